The number of hydrogen-bond donors (Lipinski definition) is 0. The molecule has 0 fully saturated rings. The predicted octanol–water partition coefficient (Wildman–Crippen LogP) is 4.30. The molecule has 0 amide bonds. The van der Waals surface area contributed by atoms with Crippen LogP contribution in [0.1, 0.15) is 31.7 Å². The highest BCUT2D eigenvalue weighted by Crippen LogP contribution is 2.32. The van der Waals surface area contributed by atoms with Gasteiger partial charge in [-0.05, 0) is 35.6 Å². The molecule has 1 atom stereocenters. The van der Waals surface area contributed by atoms with Crippen molar-refractivity contribution in [3.05, 3.63) is 33.8 Å². The second kappa shape index (κ2) is 6.27. The van der Waals surface area contributed by atoms with Crippen molar-refractivity contribution in [1.82, 2.24) is 0 Å². The molecular weight excluding hydrogens is 259 g/mol. The first-order valence-corrected chi connectivity index (χ1v) is 6.22. The van der Waals surface area contributed by atoms with Crippen LogP contribution in [0.25, 0.3) is 0 Å². The van der Waals surface area contributed by atoms with Gasteiger partial charge in [-0.3, -0.25) is 4.79 Å². The number of esters is 1. The molecule has 0 N–H and O–H groups in total. The monoisotopic (exact) mass is 274 g/mol. The smallest absolute Gasteiger partial charge is 0.306 e. The Morgan fingerprint density at radius 1 is 1.24 bits per heavy atom. The van der Waals surface area contributed by atoms with Crippen LogP contribution in [0.4, 0.5) is 0 Å². The Labute approximate surface area is 112 Å². The quantitative estimate of drug-likeness (QED) is 0.766. The molecule has 0 aromatic heterocycles. The van der Waals surface area contributed by atoms with Gasteiger partial charge in [0.1, 0.15) is 0 Å². The molecule has 0 saturated heterocycles. The van der Waals surface area contributed by atoms with Gasteiger partial charge in [0.05, 0.1) is 13.5 Å². The summed E-state index contributed by atoms with van der Waals surface area (Å²) in [6.07, 6.45) is 0.338. The maximum Gasteiger partial charge on any atom is 0.306 e. The molecule has 1 rings (SSSR count). The van der Waals surface area contributed by atoms with Crippen LogP contribution < -0.4 is 0 Å². The number of rotatable bonds is 4. The third-order valence-electron chi connectivity index (χ3n) is 2.73. The van der Waals surface area contributed by atoms with Gasteiger partial charge >= 0.3 is 5.97 Å². The van der Waals surface area contributed by atoms with Crippen LogP contribution in [0.3, 0.4) is 0 Å². The Kier molecular flexibility index (Phi) is 5.29. The van der Waals surface area contributed by atoms with E-state index in [-0.39, 0.29) is 11.9 Å². The van der Waals surface area contributed by atoms with E-state index in [1.165, 1.54) is 7.11 Å². The van der Waals surface area contributed by atoms with Crippen molar-refractivity contribution in [2.75, 3.05) is 7.11 Å². The number of carbonyl (C=O) groups is 1. The molecule has 2 nitrogen and oxygen atoms in total. The van der Waals surface area contributed by atoms with E-state index in [9.17, 15) is 4.79 Å². The molecule has 1 aromatic carbocycles. The summed E-state index contributed by atoms with van der Waals surface area (Å²) in [5.74, 6) is 0.155. The Bertz CT molecular complexity index is 382. The molecule has 0 bridgehead atoms. The van der Waals surface area contributed by atoms with Gasteiger partial charge in [0.2, 0.25) is 0 Å². The van der Waals surface area contributed by atoms with Gasteiger partial charge < -0.3 is 4.74 Å². The average molecular weight is 275 g/mol. The van der Waals surface area contributed by atoms with Crippen molar-refractivity contribution in [2.45, 2.75) is 26.2 Å². The maximum absolute atomic E-state index is 11.4. The molecular formula is C13H16Cl2O2. The summed E-state index contributed by atoms with van der Waals surface area (Å²) < 4.78 is 4.71. The highest BCUT2D eigenvalue weighted by molar-refractivity contribution is 6.34. The minimum atomic E-state index is -0.222. The van der Waals surface area contributed by atoms with Crippen LogP contribution in [-0.4, -0.2) is 13.1 Å². The van der Waals surface area contributed by atoms with Gasteiger partial charge in [-0.1, -0.05) is 37.0 Å². The molecule has 4 heteroatoms. The van der Waals surface area contributed by atoms with Crippen molar-refractivity contribution in [2.24, 2.45) is 5.92 Å². The van der Waals surface area contributed by atoms with E-state index in [4.69, 9.17) is 27.9 Å². The standard InChI is InChI=1S/C13H16Cl2O2/c1-8(2)12(7-13(16)17-3)9-4-10(14)6-11(15)5-9/h4-6,8,12H,7H2,1-3H3. The summed E-state index contributed by atoms with van der Waals surface area (Å²) in [5, 5.41) is 1.17. The number of ether oxygens (including phenoxy) is 1. The normalized spacial score (nSPS) is 12.6. The maximum atomic E-state index is 11.4. The summed E-state index contributed by atoms with van der Waals surface area (Å²) in [5.41, 5.74) is 0.975. The van der Waals surface area contributed by atoms with Gasteiger partial charge in [-0.25, -0.2) is 0 Å². The summed E-state index contributed by atoms with van der Waals surface area (Å²) in [6, 6.07) is 5.38. The molecule has 17 heavy (non-hydrogen) atoms. The second-order valence-corrected chi connectivity index (χ2v) is 5.21. The predicted molar refractivity (Wildman–Crippen MR) is 70.7 cm³/mol. The van der Waals surface area contributed by atoms with Crippen LogP contribution in [0.15, 0.2) is 18.2 Å². The topological polar surface area (TPSA) is 26.3 Å². The minimum absolute atomic E-state index is 0.0682. The van der Waals surface area contributed by atoms with Gasteiger partial charge in [-0.2, -0.15) is 0 Å². The molecule has 1 unspecified atom stereocenters. The van der Waals surface area contributed by atoms with E-state index in [1.54, 1.807) is 6.07 Å². The highest BCUT2D eigenvalue weighted by atomic mass is 35.5. The van der Waals surface area contributed by atoms with E-state index in [1.807, 2.05) is 12.1 Å². The molecule has 0 saturated carbocycles. The number of methoxy groups -OCH3 is 1. The van der Waals surface area contributed by atoms with Crippen LogP contribution >= 0.6 is 23.2 Å². The van der Waals surface area contributed by atoms with Crippen molar-refractivity contribution < 1.29 is 9.53 Å². The lowest BCUT2D eigenvalue weighted by Gasteiger charge is -2.20. The molecule has 0 radical (unpaired) electrons. The Balaban J connectivity index is 3.01. The molecule has 0 spiro atoms. The fourth-order valence-corrected chi connectivity index (χ4v) is 2.33. The zero-order valence-corrected chi connectivity index (χ0v) is 11.7. The van der Waals surface area contributed by atoms with E-state index in [0.717, 1.165) is 5.56 Å². The fraction of sp³-hybridized carbons (Fsp3) is 0.462. The molecule has 0 heterocycles. The summed E-state index contributed by atoms with van der Waals surface area (Å²) in [4.78, 5) is 11.4. The van der Waals surface area contributed by atoms with Crippen LogP contribution in [0.2, 0.25) is 10.0 Å². The third-order valence-corrected chi connectivity index (χ3v) is 3.17. The van der Waals surface area contributed by atoms with Crippen LogP contribution in [-0.2, 0) is 9.53 Å². The molecule has 0 aliphatic heterocycles. The lowest BCUT2D eigenvalue weighted by atomic mass is 9.86. The Hall–Kier alpha value is -0.730. The van der Waals surface area contributed by atoms with Gasteiger partial charge in [0.15, 0.2) is 0 Å². The zero-order chi connectivity index (χ0) is 13.0. The van der Waals surface area contributed by atoms with Gasteiger partial charge in [0.25, 0.3) is 0 Å². The summed E-state index contributed by atoms with van der Waals surface area (Å²) in [6.45, 7) is 4.12. The first-order chi connectivity index (χ1) is 7.93. The lowest BCUT2D eigenvalue weighted by molar-refractivity contribution is -0.141. The summed E-state index contributed by atoms with van der Waals surface area (Å²) >= 11 is 11.9. The minimum Gasteiger partial charge on any atom is -0.469 e. The van der Waals surface area contributed by atoms with E-state index < -0.39 is 0 Å². The first-order valence-electron chi connectivity index (χ1n) is 5.47. The molecule has 94 valence electrons. The van der Waals surface area contributed by atoms with Crippen LogP contribution in [0, 0.1) is 5.92 Å². The molecule has 1 aromatic rings. The number of benzene rings is 1. The van der Waals surface area contributed by atoms with E-state index in [0.29, 0.717) is 22.4 Å². The van der Waals surface area contributed by atoms with Crippen LogP contribution in [0.5, 0.6) is 0 Å². The number of carbonyl (C=O) groups excluding carboxylic acids is 1. The molecule has 0 aliphatic rings. The largest absolute Gasteiger partial charge is 0.469 e. The van der Waals surface area contributed by atoms with Crippen molar-refractivity contribution in [1.29, 1.82) is 0 Å². The van der Waals surface area contributed by atoms with E-state index in [2.05, 4.69) is 13.8 Å². The Morgan fingerprint density at radius 3 is 2.18 bits per heavy atom. The summed E-state index contributed by atoms with van der Waals surface area (Å²) in [7, 11) is 1.39. The Morgan fingerprint density at radius 2 is 1.76 bits per heavy atom. The number of hydrogen-bond acceptors (Lipinski definition) is 2. The highest BCUT2D eigenvalue weighted by Gasteiger charge is 2.20. The SMILES string of the molecule is COC(=O)CC(c1cc(Cl)cc(Cl)c1)C(C)C. The van der Waals surface area contributed by atoms with Crippen molar-refractivity contribution in [3.63, 3.8) is 0 Å². The van der Waals surface area contributed by atoms with Crippen molar-refractivity contribution >= 4 is 29.2 Å². The lowest BCUT2D eigenvalue weighted by Crippen LogP contribution is -2.13. The average Bonchev–Trinajstić information content (AvgIpc) is 2.23. The fourth-order valence-electron chi connectivity index (χ4n) is 1.79. The van der Waals surface area contributed by atoms with E-state index >= 15 is 0 Å². The van der Waals surface area contributed by atoms with Crippen molar-refractivity contribution in [3.8, 4) is 0 Å². The molecule has 0 aliphatic carbocycles. The number of halogens is 2. The van der Waals surface area contributed by atoms with Gasteiger partial charge in [0, 0.05) is 10.0 Å². The zero-order valence-electron chi connectivity index (χ0n) is 10.2. The van der Waals surface area contributed by atoms with Gasteiger partial charge in [-0.15, -0.1) is 0 Å². The first kappa shape index (κ1) is 14.3. The second-order valence-electron chi connectivity index (χ2n) is 4.33. The third kappa shape index (κ3) is 4.21.